The number of nitrogens with two attached hydrogens (primary N) is 1. The zero-order valence-corrected chi connectivity index (χ0v) is 37.4. The van der Waals surface area contributed by atoms with Crippen LogP contribution in [-0.2, 0) is 47.6 Å². The van der Waals surface area contributed by atoms with Crippen LogP contribution in [0.25, 0.3) is 11.2 Å². The van der Waals surface area contributed by atoms with Crippen LogP contribution in [0.1, 0.15) is 109 Å². The number of nitrogens with zero attached hydrogens (tertiary/aromatic N) is 6. The van der Waals surface area contributed by atoms with Crippen LogP contribution >= 0.6 is 11.8 Å². The Morgan fingerprint density at radius 1 is 0.844 bits per heavy atom. The number of aliphatic hydroxyl groups is 1. The minimum absolute atomic E-state index is 0.00275. The Kier molecular flexibility index (Phi) is 19.0. The number of nitrogen functional groups attached to an aromatic ring is 1. The average Bonchev–Trinajstić information content (AvgIpc) is 3.57. The number of imidazole rings is 1. The van der Waals surface area contributed by atoms with E-state index < -0.39 is 42.1 Å². The molecule has 4 aliphatic heterocycles. The van der Waals surface area contributed by atoms with Gasteiger partial charge in [0.2, 0.25) is 0 Å². The highest BCUT2D eigenvalue weighted by molar-refractivity contribution is 8.00. The third-order valence-corrected chi connectivity index (χ3v) is 13.1. The second kappa shape index (κ2) is 24.8. The number of amides is 2. The number of hydrogen-bond acceptors (Lipinski definition) is 19. The Labute approximate surface area is 376 Å². The quantitative estimate of drug-likeness (QED) is 0.0464. The smallest absolute Gasteiger partial charge is 0.315 e. The van der Waals surface area contributed by atoms with Gasteiger partial charge in [-0.2, -0.15) is 22.0 Å². The normalized spacial score (nSPS) is 24.1. The van der Waals surface area contributed by atoms with Crippen molar-refractivity contribution in [3.8, 4) is 0 Å². The number of urea groups is 1. The van der Waals surface area contributed by atoms with Gasteiger partial charge in [-0.3, -0.25) is 23.7 Å². The van der Waals surface area contributed by atoms with Crippen molar-refractivity contribution in [3.05, 3.63) is 12.7 Å². The van der Waals surface area contributed by atoms with E-state index in [0.717, 1.165) is 44.3 Å². The van der Waals surface area contributed by atoms with E-state index in [1.807, 2.05) is 11.8 Å². The molecule has 6 heterocycles. The number of carbonyl (C=O) groups excluding carboxylic acids is 5. The van der Waals surface area contributed by atoms with Gasteiger partial charge >= 0.3 is 18.0 Å². The molecule has 7 atom stereocenters. The Balaban J connectivity index is 0.729. The Morgan fingerprint density at radius 3 is 2.19 bits per heavy atom. The number of aliphatic hydroxyl groups excluding tert-OH is 1. The molecule has 64 heavy (non-hydrogen) atoms. The molecule has 0 aliphatic carbocycles. The fourth-order valence-corrected chi connectivity index (χ4v) is 9.40. The molecule has 22 heteroatoms. The number of anilines is 1. The molecule has 0 aromatic carbocycles. The largest absolute Gasteiger partial charge is 0.463 e. The number of ether oxygens (including phenoxy) is 6. The van der Waals surface area contributed by atoms with Gasteiger partial charge in [0, 0.05) is 69.2 Å². The third-order valence-electron chi connectivity index (χ3n) is 11.6. The van der Waals surface area contributed by atoms with Crippen molar-refractivity contribution in [3.63, 3.8) is 0 Å². The highest BCUT2D eigenvalue weighted by Gasteiger charge is 2.49. The lowest BCUT2D eigenvalue weighted by atomic mass is 10.0. The molecular weight excluding hydrogens is 855 g/mol. The van der Waals surface area contributed by atoms with Crippen molar-refractivity contribution in [2.75, 3.05) is 57.7 Å². The lowest BCUT2D eigenvalue weighted by Crippen LogP contribution is -2.39. The molecule has 6 rings (SSSR count). The van der Waals surface area contributed by atoms with Crippen molar-refractivity contribution >= 4 is 58.3 Å². The number of hydrogen-bond donors (Lipinski definition) is 4. The number of aromatic nitrogens is 4. The van der Waals surface area contributed by atoms with Crippen LogP contribution in [0.4, 0.5) is 10.6 Å². The van der Waals surface area contributed by atoms with Crippen molar-refractivity contribution < 1.29 is 57.5 Å². The maximum Gasteiger partial charge on any atom is 0.315 e. The second-order valence-electron chi connectivity index (χ2n) is 16.7. The van der Waals surface area contributed by atoms with Crippen LogP contribution in [0.3, 0.4) is 0 Å². The van der Waals surface area contributed by atoms with Gasteiger partial charge in [0.15, 0.2) is 29.5 Å². The van der Waals surface area contributed by atoms with E-state index in [1.165, 1.54) is 17.2 Å². The fraction of sp³-hybridized carbons (Fsp3) is 0.762. The van der Waals surface area contributed by atoms with Crippen LogP contribution in [0.5, 0.6) is 0 Å². The molecule has 4 aliphatic rings. The Morgan fingerprint density at radius 2 is 1.50 bits per heavy atom. The van der Waals surface area contributed by atoms with Crippen LogP contribution < -0.4 is 16.4 Å². The molecule has 2 amide bonds. The summed E-state index contributed by atoms with van der Waals surface area (Å²) in [7, 11) is 0. The first kappa shape index (κ1) is 49.1. The Bertz CT molecular complexity index is 1900. The zero-order valence-electron chi connectivity index (χ0n) is 36.6. The van der Waals surface area contributed by atoms with Crippen molar-refractivity contribution in [1.82, 2.24) is 30.2 Å². The van der Waals surface area contributed by atoms with Gasteiger partial charge in [-0.1, -0.05) is 6.42 Å². The molecule has 3 saturated heterocycles. The summed E-state index contributed by atoms with van der Waals surface area (Å²) in [5, 5.41) is 25.5. The third kappa shape index (κ3) is 15.1. The summed E-state index contributed by atoms with van der Waals surface area (Å²) in [6.45, 7) is 4.41. The van der Waals surface area contributed by atoms with Crippen LogP contribution in [0.2, 0.25) is 0 Å². The highest BCUT2D eigenvalue weighted by atomic mass is 32.2. The minimum atomic E-state index is -1.36. The predicted molar refractivity (Wildman–Crippen MR) is 231 cm³/mol. The number of nitrogens with one attached hydrogen (secondary N) is 2. The first-order valence-corrected chi connectivity index (χ1v) is 23.6. The SMILES string of the molecule is CC1(CCC(=O)O[C@@H]2[C@@H](O)[C@H](n3cnc4c(N)ncnc43)O[C@@H]2COC(=O)CCCC(=O)CCCCOCCOCCOCCCCC(=O)CCCC[C@@H]2SC[C@H]3NC(=O)N[C@@H]23)N=N1. The van der Waals surface area contributed by atoms with Crippen LogP contribution in [0.15, 0.2) is 22.9 Å². The fourth-order valence-electron chi connectivity index (χ4n) is 7.85. The number of unbranched alkanes of at least 4 members (excludes halogenated alkanes) is 3. The summed E-state index contributed by atoms with van der Waals surface area (Å²) >= 11 is 1.91. The molecule has 2 aromatic rings. The molecule has 5 N–H and O–H groups in total. The molecule has 2 aromatic heterocycles. The zero-order chi connectivity index (χ0) is 45.3. The highest BCUT2D eigenvalue weighted by Crippen LogP contribution is 2.36. The lowest BCUT2D eigenvalue weighted by Gasteiger charge is -2.21. The molecule has 0 spiro atoms. The topological polar surface area (TPSA) is 279 Å². The number of fused-ring (bicyclic) bond motifs is 2. The first-order chi connectivity index (χ1) is 31.0. The van der Waals surface area contributed by atoms with E-state index >= 15 is 0 Å². The minimum Gasteiger partial charge on any atom is -0.463 e. The van der Waals surface area contributed by atoms with Gasteiger partial charge in [-0.05, 0) is 51.9 Å². The van der Waals surface area contributed by atoms with Crippen LogP contribution in [-0.4, -0.2) is 147 Å². The number of thioether (sulfide) groups is 1. The van der Waals surface area contributed by atoms with E-state index in [-0.39, 0.29) is 55.6 Å². The molecule has 3 fully saturated rings. The number of esters is 2. The van der Waals surface area contributed by atoms with E-state index in [2.05, 4.69) is 35.8 Å². The summed E-state index contributed by atoms with van der Waals surface area (Å²) in [4.78, 5) is 74.0. The maximum atomic E-state index is 12.7. The van der Waals surface area contributed by atoms with Crippen molar-refractivity contribution in [1.29, 1.82) is 0 Å². The van der Waals surface area contributed by atoms with E-state index in [1.54, 1.807) is 6.92 Å². The van der Waals surface area contributed by atoms with Crippen molar-refractivity contribution in [2.24, 2.45) is 10.2 Å². The average molecular weight is 918 g/mol. The summed E-state index contributed by atoms with van der Waals surface area (Å²) in [5.74, 6) is 0.297. The van der Waals surface area contributed by atoms with Gasteiger partial charge in [0.1, 0.15) is 42.2 Å². The number of ketones is 2. The molecule has 0 radical (unpaired) electrons. The number of carbonyl (C=O) groups is 5. The molecule has 0 bridgehead atoms. The molecule has 21 nitrogen and oxygen atoms in total. The number of rotatable bonds is 32. The van der Waals surface area contributed by atoms with Gasteiger partial charge in [0.05, 0.1) is 44.8 Å². The molecule has 354 valence electrons. The summed E-state index contributed by atoms with van der Waals surface area (Å²) < 4.78 is 35.4. The first-order valence-electron chi connectivity index (χ1n) is 22.5. The standard InChI is InChI=1S/C42H63N9O12S/c1-42(49-50-42)16-15-33(55)63-37-30(62-40(36(37)56)51-26-46-35-38(43)44-25-45-39(35)51)23-61-32(54)14-8-12-28(53)11-5-7-18-59-20-22-60-21-19-58-17-6-4-10-27(52)9-2-3-13-31-34-29(24-64-31)47-41(57)48-34/h25-26,29-31,34,36-37,40,56H,2-24H2,1H3,(H2,43,44,45)(H2,47,48,57)/t29-,30-,31+,34-,36-,37+,40-/m1/s1. The number of Topliss-reactive ketones (excluding diaryl/α,β-unsaturated/α-hetero) is 2. The lowest BCUT2D eigenvalue weighted by molar-refractivity contribution is -0.160. The molecule has 0 unspecified atom stereocenters. The second-order valence-corrected chi connectivity index (χ2v) is 18.0. The van der Waals surface area contributed by atoms with E-state index in [0.29, 0.717) is 100 Å². The van der Waals surface area contributed by atoms with E-state index in [4.69, 9.17) is 34.2 Å². The predicted octanol–water partition coefficient (Wildman–Crippen LogP) is 3.51. The van der Waals surface area contributed by atoms with Gasteiger partial charge in [-0.15, -0.1) is 0 Å². The monoisotopic (exact) mass is 917 g/mol. The van der Waals surface area contributed by atoms with Crippen molar-refractivity contribution in [2.45, 2.75) is 151 Å². The van der Waals surface area contributed by atoms with Gasteiger partial charge in [0.25, 0.3) is 0 Å². The van der Waals surface area contributed by atoms with Gasteiger partial charge in [-0.25, -0.2) is 19.7 Å². The summed E-state index contributed by atoms with van der Waals surface area (Å²) in [6, 6.07) is 0.398. The van der Waals surface area contributed by atoms with Gasteiger partial charge < -0.3 is 49.9 Å². The molecular formula is C42H63N9O12S. The van der Waals surface area contributed by atoms with E-state index in [9.17, 15) is 29.1 Å². The maximum absolute atomic E-state index is 12.7. The summed E-state index contributed by atoms with van der Waals surface area (Å²) in [5.41, 5.74) is 5.92. The Hall–Kier alpha value is -4.35. The summed E-state index contributed by atoms with van der Waals surface area (Å²) in [6.07, 6.45) is 6.45. The molecule has 0 saturated carbocycles. The van der Waals surface area contributed by atoms with Crippen LogP contribution in [0, 0.1) is 0 Å².